The summed E-state index contributed by atoms with van der Waals surface area (Å²) in [5.74, 6) is 1.85. The molecule has 2 unspecified atom stereocenters. The third-order valence-electron chi connectivity index (χ3n) is 4.18. The Morgan fingerprint density at radius 3 is 2.38 bits per heavy atom. The van der Waals surface area contributed by atoms with Crippen molar-refractivity contribution in [2.24, 2.45) is 0 Å². The van der Waals surface area contributed by atoms with Gasteiger partial charge in [0.2, 0.25) is 0 Å². The Kier molecular flexibility index (Phi) is 4.75. The van der Waals surface area contributed by atoms with Crippen LogP contribution in [0.1, 0.15) is 64.7 Å². The van der Waals surface area contributed by atoms with Crippen LogP contribution in [0, 0.1) is 0 Å². The standard InChI is InChI=1S/C14H25OS/c1-2-16(12-8-4-3-5-9-12)14-11-7-6-10-13(14)15/h12,14H,2-11H2,1H3/q+1. The molecule has 2 saturated carbocycles. The Labute approximate surface area is 103 Å². The zero-order valence-electron chi connectivity index (χ0n) is 10.5. The number of ketones is 1. The molecular weight excluding hydrogens is 216 g/mol. The zero-order chi connectivity index (χ0) is 11.4. The van der Waals surface area contributed by atoms with Crippen LogP contribution in [0.2, 0.25) is 0 Å². The lowest BCUT2D eigenvalue weighted by Gasteiger charge is -2.29. The summed E-state index contributed by atoms with van der Waals surface area (Å²) in [7, 11) is 0.416. The van der Waals surface area contributed by atoms with Crippen LogP contribution in [-0.4, -0.2) is 22.0 Å². The predicted octanol–water partition coefficient (Wildman–Crippen LogP) is 3.47. The van der Waals surface area contributed by atoms with Crippen molar-refractivity contribution in [3.05, 3.63) is 0 Å². The van der Waals surface area contributed by atoms with E-state index in [9.17, 15) is 4.79 Å². The van der Waals surface area contributed by atoms with Crippen LogP contribution in [0.4, 0.5) is 0 Å². The van der Waals surface area contributed by atoms with Crippen LogP contribution >= 0.6 is 0 Å². The first-order chi connectivity index (χ1) is 7.83. The minimum atomic E-state index is 0.416. The van der Waals surface area contributed by atoms with E-state index in [1.54, 1.807) is 0 Å². The first-order valence-electron chi connectivity index (χ1n) is 7.04. The number of rotatable bonds is 3. The maximum Gasteiger partial charge on any atom is 0.184 e. The van der Waals surface area contributed by atoms with E-state index >= 15 is 0 Å². The maximum atomic E-state index is 12.0. The van der Waals surface area contributed by atoms with Crippen molar-refractivity contribution >= 4 is 16.7 Å². The molecule has 0 heterocycles. The van der Waals surface area contributed by atoms with E-state index in [0.717, 1.165) is 18.1 Å². The number of carbonyl (C=O) groups is 1. The molecule has 0 aliphatic heterocycles. The molecule has 0 radical (unpaired) electrons. The van der Waals surface area contributed by atoms with Gasteiger partial charge in [0.15, 0.2) is 11.0 Å². The molecule has 1 nitrogen and oxygen atoms in total. The summed E-state index contributed by atoms with van der Waals surface area (Å²) in [4.78, 5) is 12.0. The van der Waals surface area contributed by atoms with Gasteiger partial charge in [0.25, 0.3) is 0 Å². The van der Waals surface area contributed by atoms with E-state index in [0.29, 0.717) is 21.9 Å². The molecule has 0 aromatic rings. The van der Waals surface area contributed by atoms with Crippen molar-refractivity contribution in [2.75, 3.05) is 5.75 Å². The van der Waals surface area contributed by atoms with Crippen molar-refractivity contribution in [2.45, 2.75) is 75.2 Å². The second-order valence-electron chi connectivity index (χ2n) is 5.22. The van der Waals surface area contributed by atoms with Crippen molar-refractivity contribution < 1.29 is 4.79 Å². The van der Waals surface area contributed by atoms with Gasteiger partial charge in [0.05, 0.1) is 0 Å². The molecule has 2 heteroatoms. The first-order valence-corrected chi connectivity index (χ1v) is 8.56. The second-order valence-corrected chi connectivity index (χ2v) is 7.97. The van der Waals surface area contributed by atoms with Crippen LogP contribution in [-0.2, 0) is 15.7 Å². The van der Waals surface area contributed by atoms with Crippen LogP contribution in [0.3, 0.4) is 0 Å². The lowest BCUT2D eigenvalue weighted by Crippen LogP contribution is -2.41. The molecular formula is C14H25OS+. The summed E-state index contributed by atoms with van der Waals surface area (Å²) in [5, 5.41) is 1.35. The molecule has 0 saturated heterocycles. The smallest absolute Gasteiger partial charge is 0.184 e. The van der Waals surface area contributed by atoms with Gasteiger partial charge in [-0.25, -0.2) is 0 Å². The summed E-state index contributed by atoms with van der Waals surface area (Å²) in [6, 6.07) is 0. The van der Waals surface area contributed by atoms with E-state index in [1.165, 1.54) is 50.7 Å². The average molecular weight is 241 g/mol. The highest BCUT2D eigenvalue weighted by Gasteiger charge is 2.42. The number of carbonyl (C=O) groups excluding carboxylic acids is 1. The van der Waals surface area contributed by atoms with Gasteiger partial charge >= 0.3 is 0 Å². The van der Waals surface area contributed by atoms with E-state index in [4.69, 9.17) is 0 Å². The highest BCUT2D eigenvalue weighted by atomic mass is 32.2. The van der Waals surface area contributed by atoms with Crippen molar-refractivity contribution in [3.8, 4) is 0 Å². The van der Waals surface area contributed by atoms with Gasteiger partial charge < -0.3 is 0 Å². The Bertz CT molecular complexity index is 233. The predicted molar refractivity (Wildman–Crippen MR) is 72.0 cm³/mol. The quantitative estimate of drug-likeness (QED) is 0.692. The van der Waals surface area contributed by atoms with E-state index in [1.807, 2.05) is 0 Å². The molecule has 2 aliphatic rings. The van der Waals surface area contributed by atoms with Gasteiger partial charge in [-0.2, -0.15) is 0 Å². The van der Waals surface area contributed by atoms with Crippen molar-refractivity contribution in [1.82, 2.24) is 0 Å². The van der Waals surface area contributed by atoms with Gasteiger partial charge in [0.1, 0.15) is 11.0 Å². The zero-order valence-corrected chi connectivity index (χ0v) is 11.4. The SMILES string of the molecule is CC[S+](C1CCCCC1)C1CCCCC1=O. The molecule has 2 fully saturated rings. The molecule has 0 amide bonds. The van der Waals surface area contributed by atoms with Crippen LogP contribution in [0.25, 0.3) is 0 Å². The lowest BCUT2D eigenvalue weighted by molar-refractivity contribution is -0.119. The highest BCUT2D eigenvalue weighted by Crippen LogP contribution is 2.32. The maximum absolute atomic E-state index is 12.0. The minimum Gasteiger partial charge on any atom is -0.294 e. The molecule has 2 rings (SSSR count). The van der Waals surface area contributed by atoms with Gasteiger partial charge in [-0.15, -0.1) is 0 Å². The first kappa shape index (κ1) is 12.5. The Balaban J connectivity index is 1.99. The third kappa shape index (κ3) is 2.82. The summed E-state index contributed by atoms with van der Waals surface area (Å²) in [6.07, 6.45) is 11.6. The normalized spacial score (nSPS) is 30.3. The second kappa shape index (κ2) is 6.09. The highest BCUT2D eigenvalue weighted by molar-refractivity contribution is 7.98. The summed E-state index contributed by atoms with van der Waals surface area (Å²) >= 11 is 0. The molecule has 0 spiro atoms. The largest absolute Gasteiger partial charge is 0.294 e. The number of Topliss-reactive ketones (excluding diaryl/α,β-unsaturated/α-hetero) is 1. The topological polar surface area (TPSA) is 17.1 Å². The molecule has 2 atom stereocenters. The van der Waals surface area contributed by atoms with E-state index in [-0.39, 0.29) is 0 Å². The molecule has 2 aliphatic carbocycles. The van der Waals surface area contributed by atoms with Crippen molar-refractivity contribution in [3.63, 3.8) is 0 Å². The molecule has 0 bridgehead atoms. The summed E-state index contributed by atoms with van der Waals surface area (Å²) in [6.45, 7) is 2.31. The average Bonchev–Trinajstić information content (AvgIpc) is 2.34. The van der Waals surface area contributed by atoms with Gasteiger partial charge in [-0.05, 0) is 45.4 Å². The van der Waals surface area contributed by atoms with Crippen LogP contribution in [0.15, 0.2) is 0 Å². The fourth-order valence-corrected chi connectivity index (χ4v) is 6.51. The summed E-state index contributed by atoms with van der Waals surface area (Å²) < 4.78 is 0. The van der Waals surface area contributed by atoms with Crippen LogP contribution < -0.4 is 0 Å². The Morgan fingerprint density at radius 2 is 1.75 bits per heavy atom. The number of hydrogen-bond acceptors (Lipinski definition) is 1. The van der Waals surface area contributed by atoms with Crippen LogP contribution in [0.5, 0.6) is 0 Å². The Hall–Kier alpha value is 0.0200. The summed E-state index contributed by atoms with van der Waals surface area (Å²) in [5.41, 5.74) is 0. The molecule has 0 aromatic heterocycles. The fraction of sp³-hybridized carbons (Fsp3) is 0.929. The number of hydrogen-bond donors (Lipinski definition) is 0. The minimum absolute atomic E-state index is 0.416. The van der Waals surface area contributed by atoms with E-state index < -0.39 is 0 Å². The molecule has 92 valence electrons. The third-order valence-corrected chi connectivity index (χ3v) is 7.40. The van der Waals surface area contributed by atoms with Crippen molar-refractivity contribution in [1.29, 1.82) is 0 Å². The van der Waals surface area contributed by atoms with Gasteiger partial charge in [-0.1, -0.05) is 6.42 Å². The van der Waals surface area contributed by atoms with Gasteiger partial charge in [0, 0.05) is 23.7 Å². The van der Waals surface area contributed by atoms with Gasteiger partial charge in [-0.3, -0.25) is 4.79 Å². The molecule has 0 aromatic carbocycles. The van der Waals surface area contributed by atoms with E-state index in [2.05, 4.69) is 6.92 Å². The Morgan fingerprint density at radius 1 is 1.06 bits per heavy atom. The molecule has 0 N–H and O–H groups in total. The lowest BCUT2D eigenvalue weighted by atomic mass is 9.99. The monoisotopic (exact) mass is 241 g/mol. The fourth-order valence-electron chi connectivity index (χ4n) is 3.31. The molecule has 16 heavy (non-hydrogen) atoms.